The SMILES string of the molecule is C#CCN1CCCC[C@H]1C(=O)Nc1ccc2oc(C)nc2c1. The number of fused-ring (bicyclic) bond motifs is 1. The van der Waals surface area contributed by atoms with Crippen LogP contribution in [0.5, 0.6) is 0 Å². The van der Waals surface area contributed by atoms with Crippen molar-refractivity contribution in [1.29, 1.82) is 0 Å². The van der Waals surface area contributed by atoms with Gasteiger partial charge < -0.3 is 9.73 Å². The number of oxazole rings is 1. The monoisotopic (exact) mass is 297 g/mol. The highest BCUT2D eigenvalue weighted by atomic mass is 16.3. The van der Waals surface area contributed by atoms with Crippen molar-refractivity contribution in [1.82, 2.24) is 9.88 Å². The van der Waals surface area contributed by atoms with Gasteiger partial charge in [-0.1, -0.05) is 12.3 Å². The van der Waals surface area contributed by atoms with Crippen LogP contribution in [0.4, 0.5) is 5.69 Å². The van der Waals surface area contributed by atoms with Crippen LogP contribution in [0.1, 0.15) is 25.2 Å². The van der Waals surface area contributed by atoms with Crippen molar-refractivity contribution in [2.24, 2.45) is 0 Å². The van der Waals surface area contributed by atoms with E-state index in [1.165, 1.54) is 0 Å². The second-order valence-electron chi connectivity index (χ2n) is 5.59. The molecule has 0 radical (unpaired) electrons. The molecule has 1 aromatic heterocycles. The predicted octanol–water partition coefficient (Wildman–Crippen LogP) is 2.56. The zero-order valence-electron chi connectivity index (χ0n) is 12.6. The lowest BCUT2D eigenvalue weighted by atomic mass is 10.0. The Bertz CT molecular complexity index is 729. The van der Waals surface area contributed by atoms with E-state index < -0.39 is 0 Å². The third-order valence-corrected chi connectivity index (χ3v) is 3.97. The number of hydrogen-bond donors (Lipinski definition) is 1. The molecule has 114 valence electrons. The molecule has 1 saturated heterocycles. The number of terminal acetylenes is 1. The molecule has 1 amide bonds. The fourth-order valence-corrected chi connectivity index (χ4v) is 2.94. The van der Waals surface area contributed by atoms with E-state index in [0.717, 1.165) is 42.6 Å². The van der Waals surface area contributed by atoms with Gasteiger partial charge in [0.25, 0.3) is 0 Å². The van der Waals surface area contributed by atoms with Crippen LogP contribution in [0.25, 0.3) is 11.1 Å². The van der Waals surface area contributed by atoms with E-state index >= 15 is 0 Å². The molecule has 0 aliphatic carbocycles. The number of carbonyl (C=O) groups excluding carboxylic acids is 1. The lowest BCUT2D eigenvalue weighted by Crippen LogP contribution is -2.47. The van der Waals surface area contributed by atoms with E-state index in [-0.39, 0.29) is 11.9 Å². The number of benzene rings is 1. The van der Waals surface area contributed by atoms with Gasteiger partial charge in [0.15, 0.2) is 11.5 Å². The number of carbonyl (C=O) groups is 1. The Kier molecular flexibility index (Phi) is 4.12. The minimum Gasteiger partial charge on any atom is -0.441 e. The topological polar surface area (TPSA) is 58.4 Å². The van der Waals surface area contributed by atoms with Gasteiger partial charge in [-0.3, -0.25) is 9.69 Å². The molecule has 5 heteroatoms. The highest BCUT2D eigenvalue weighted by Gasteiger charge is 2.28. The van der Waals surface area contributed by atoms with Crippen LogP contribution in [0.3, 0.4) is 0 Å². The zero-order chi connectivity index (χ0) is 15.5. The number of hydrogen-bond acceptors (Lipinski definition) is 4. The van der Waals surface area contributed by atoms with Gasteiger partial charge in [0.1, 0.15) is 5.52 Å². The largest absolute Gasteiger partial charge is 0.441 e. The number of aromatic nitrogens is 1. The van der Waals surface area contributed by atoms with Crippen molar-refractivity contribution >= 4 is 22.7 Å². The van der Waals surface area contributed by atoms with Gasteiger partial charge in [-0.25, -0.2) is 4.98 Å². The molecule has 0 bridgehead atoms. The van der Waals surface area contributed by atoms with E-state index in [4.69, 9.17) is 10.8 Å². The molecule has 2 heterocycles. The first-order valence-corrected chi connectivity index (χ1v) is 7.53. The molecule has 22 heavy (non-hydrogen) atoms. The van der Waals surface area contributed by atoms with Crippen molar-refractivity contribution < 1.29 is 9.21 Å². The van der Waals surface area contributed by atoms with Crippen molar-refractivity contribution in [2.45, 2.75) is 32.2 Å². The molecule has 1 fully saturated rings. The molecule has 1 aromatic carbocycles. The first kappa shape index (κ1) is 14.6. The van der Waals surface area contributed by atoms with Crippen LogP contribution in [-0.4, -0.2) is 34.9 Å². The maximum absolute atomic E-state index is 12.5. The summed E-state index contributed by atoms with van der Waals surface area (Å²) >= 11 is 0. The van der Waals surface area contributed by atoms with Gasteiger partial charge in [-0.2, -0.15) is 0 Å². The number of likely N-dealkylation sites (tertiary alicyclic amines) is 1. The second kappa shape index (κ2) is 6.20. The highest BCUT2D eigenvalue weighted by molar-refractivity contribution is 5.96. The minimum atomic E-state index is -0.153. The summed E-state index contributed by atoms with van der Waals surface area (Å²) in [5.41, 5.74) is 2.21. The Morgan fingerprint density at radius 3 is 3.23 bits per heavy atom. The van der Waals surface area contributed by atoms with Crippen LogP contribution in [0.15, 0.2) is 22.6 Å². The van der Waals surface area contributed by atoms with E-state index in [9.17, 15) is 4.79 Å². The van der Waals surface area contributed by atoms with Crippen LogP contribution in [-0.2, 0) is 4.79 Å². The summed E-state index contributed by atoms with van der Waals surface area (Å²) in [7, 11) is 0. The number of piperidine rings is 1. The molecule has 1 N–H and O–H groups in total. The zero-order valence-corrected chi connectivity index (χ0v) is 12.6. The van der Waals surface area contributed by atoms with Crippen LogP contribution >= 0.6 is 0 Å². The smallest absolute Gasteiger partial charge is 0.241 e. The lowest BCUT2D eigenvalue weighted by molar-refractivity contribution is -0.122. The van der Waals surface area contributed by atoms with Gasteiger partial charge in [0, 0.05) is 12.6 Å². The standard InChI is InChI=1S/C17H19N3O2/c1-3-9-20-10-5-4-6-15(20)17(21)19-13-7-8-16-14(11-13)18-12(2)22-16/h1,7-8,11,15H,4-6,9-10H2,2H3,(H,19,21)/t15-/m0/s1. The summed E-state index contributed by atoms with van der Waals surface area (Å²) < 4.78 is 5.44. The average molecular weight is 297 g/mol. The van der Waals surface area contributed by atoms with Gasteiger partial charge >= 0.3 is 0 Å². The lowest BCUT2D eigenvalue weighted by Gasteiger charge is -2.33. The molecule has 3 rings (SSSR count). The summed E-state index contributed by atoms with van der Waals surface area (Å²) in [6, 6.07) is 5.34. The number of nitrogens with one attached hydrogen (secondary N) is 1. The fourth-order valence-electron chi connectivity index (χ4n) is 2.94. The maximum Gasteiger partial charge on any atom is 0.241 e. The van der Waals surface area contributed by atoms with E-state index in [1.807, 2.05) is 18.2 Å². The predicted molar refractivity (Wildman–Crippen MR) is 85.4 cm³/mol. The molecule has 0 unspecified atom stereocenters. The summed E-state index contributed by atoms with van der Waals surface area (Å²) in [5, 5.41) is 2.97. The summed E-state index contributed by atoms with van der Waals surface area (Å²) in [6.45, 7) is 3.20. The molecular formula is C17H19N3O2. The number of aryl methyl sites for hydroxylation is 1. The van der Waals surface area contributed by atoms with E-state index in [2.05, 4.69) is 21.1 Å². The molecule has 5 nitrogen and oxygen atoms in total. The molecule has 1 aliphatic rings. The quantitative estimate of drug-likeness (QED) is 0.885. The molecule has 1 atom stereocenters. The molecule has 0 spiro atoms. The first-order chi connectivity index (χ1) is 10.7. The second-order valence-corrected chi connectivity index (χ2v) is 5.59. The fraction of sp³-hybridized carbons (Fsp3) is 0.412. The Labute approximate surface area is 129 Å². The van der Waals surface area contributed by atoms with Crippen LogP contribution in [0, 0.1) is 19.3 Å². The Morgan fingerprint density at radius 2 is 2.41 bits per heavy atom. The van der Waals surface area contributed by atoms with Gasteiger partial charge in [-0.15, -0.1) is 6.42 Å². The van der Waals surface area contributed by atoms with Crippen molar-refractivity contribution in [2.75, 3.05) is 18.4 Å². The highest BCUT2D eigenvalue weighted by Crippen LogP contribution is 2.22. The van der Waals surface area contributed by atoms with Crippen molar-refractivity contribution in [3.63, 3.8) is 0 Å². The average Bonchev–Trinajstić information content (AvgIpc) is 2.87. The van der Waals surface area contributed by atoms with Gasteiger partial charge in [0.05, 0.1) is 12.6 Å². The third-order valence-electron chi connectivity index (χ3n) is 3.97. The number of anilines is 1. The Morgan fingerprint density at radius 1 is 1.55 bits per heavy atom. The van der Waals surface area contributed by atoms with Crippen LogP contribution < -0.4 is 5.32 Å². The van der Waals surface area contributed by atoms with Crippen molar-refractivity contribution in [3.05, 3.63) is 24.1 Å². The number of amides is 1. The Balaban J connectivity index is 1.75. The first-order valence-electron chi connectivity index (χ1n) is 7.53. The Hall–Kier alpha value is -2.32. The number of rotatable bonds is 3. The summed E-state index contributed by atoms with van der Waals surface area (Å²) in [4.78, 5) is 18.9. The maximum atomic E-state index is 12.5. The summed E-state index contributed by atoms with van der Waals surface area (Å²) in [6.07, 6.45) is 8.39. The third kappa shape index (κ3) is 2.97. The van der Waals surface area contributed by atoms with E-state index in [0.29, 0.717) is 12.4 Å². The van der Waals surface area contributed by atoms with Gasteiger partial charge in [0.2, 0.25) is 5.91 Å². The number of nitrogens with zero attached hydrogens (tertiary/aromatic N) is 2. The van der Waals surface area contributed by atoms with Gasteiger partial charge in [-0.05, 0) is 37.6 Å². The van der Waals surface area contributed by atoms with Crippen LogP contribution in [0.2, 0.25) is 0 Å². The summed E-state index contributed by atoms with van der Waals surface area (Å²) in [5.74, 6) is 3.25. The minimum absolute atomic E-state index is 0.00508. The molecule has 0 saturated carbocycles. The van der Waals surface area contributed by atoms with Crippen molar-refractivity contribution in [3.8, 4) is 12.3 Å². The van der Waals surface area contributed by atoms with E-state index in [1.54, 1.807) is 6.92 Å². The molecule has 1 aliphatic heterocycles. The normalized spacial score (nSPS) is 19.0. The molecule has 2 aromatic rings. The molecular weight excluding hydrogens is 278 g/mol.